The van der Waals surface area contributed by atoms with E-state index in [1.807, 2.05) is 13.0 Å². The van der Waals surface area contributed by atoms with Gasteiger partial charge in [-0.3, -0.25) is 19.7 Å². The van der Waals surface area contributed by atoms with Gasteiger partial charge in [-0.15, -0.1) is 0 Å². The highest BCUT2D eigenvalue weighted by molar-refractivity contribution is 8.17. The Balaban J connectivity index is 1.57. The van der Waals surface area contributed by atoms with Crippen LogP contribution in [0.15, 0.2) is 52.0 Å². The topological polar surface area (TPSA) is 105 Å². The van der Waals surface area contributed by atoms with Crippen LogP contribution in [0.1, 0.15) is 47.4 Å². The summed E-state index contributed by atoms with van der Waals surface area (Å²) in [5.41, 5.74) is 8.26. The molecule has 0 spiro atoms. The molecule has 9 heteroatoms. The molecule has 1 aromatic heterocycles. The molecular formula is C26H28FN5O2S. The van der Waals surface area contributed by atoms with E-state index in [1.165, 1.54) is 35.7 Å². The number of ether oxygens (including phenoxy) is 1. The Kier molecular flexibility index (Phi) is 7.65. The molecule has 0 saturated carbocycles. The Morgan fingerprint density at radius 2 is 2.09 bits per heavy atom. The van der Waals surface area contributed by atoms with Gasteiger partial charge in [0.05, 0.1) is 24.3 Å². The van der Waals surface area contributed by atoms with Gasteiger partial charge in [-0.2, -0.15) is 5.26 Å². The minimum Gasteiger partial charge on any atom is -0.379 e. The number of amidine groups is 1. The summed E-state index contributed by atoms with van der Waals surface area (Å²) in [6.45, 7) is 8.01. The molecule has 0 aliphatic carbocycles. The van der Waals surface area contributed by atoms with Crippen LogP contribution in [0.3, 0.4) is 0 Å². The number of nitriles is 1. The average molecular weight is 494 g/mol. The molecule has 1 saturated heterocycles. The van der Waals surface area contributed by atoms with Crippen LogP contribution in [-0.4, -0.2) is 53.7 Å². The lowest BCUT2D eigenvalue weighted by atomic mass is 9.86. The summed E-state index contributed by atoms with van der Waals surface area (Å²) >= 11 is 1.44. The number of carbonyl (C=O) groups excluding carboxylic acids is 1. The predicted molar refractivity (Wildman–Crippen MR) is 135 cm³/mol. The van der Waals surface area contributed by atoms with Crippen LogP contribution < -0.4 is 5.73 Å². The van der Waals surface area contributed by atoms with Crippen molar-refractivity contribution in [2.75, 3.05) is 32.8 Å². The number of halogens is 1. The van der Waals surface area contributed by atoms with Crippen LogP contribution in [0, 0.1) is 17.1 Å². The van der Waals surface area contributed by atoms with Gasteiger partial charge in [0.25, 0.3) is 0 Å². The number of nitrogens with zero attached hydrogens (tertiary/aromatic N) is 4. The van der Waals surface area contributed by atoms with Crippen molar-refractivity contribution in [3.63, 3.8) is 0 Å². The number of pyridine rings is 1. The number of thioether (sulfide) groups is 1. The second-order valence-corrected chi connectivity index (χ2v) is 10.2. The van der Waals surface area contributed by atoms with Crippen molar-refractivity contribution in [1.82, 2.24) is 9.88 Å². The SMILES string of the molecule is C/C(CN1CCOCC1)=C1\C[C@@](C)(c2cc(CC(=O)c3ccc(C#N)cn3)ccc2F)N=C(N)S1. The van der Waals surface area contributed by atoms with Crippen molar-refractivity contribution >= 4 is 22.7 Å². The summed E-state index contributed by atoms with van der Waals surface area (Å²) in [5.74, 6) is -0.588. The monoisotopic (exact) mass is 493 g/mol. The van der Waals surface area contributed by atoms with Gasteiger partial charge in [-0.1, -0.05) is 17.8 Å². The first-order valence-corrected chi connectivity index (χ1v) is 12.3. The summed E-state index contributed by atoms with van der Waals surface area (Å²) < 4.78 is 20.5. The van der Waals surface area contributed by atoms with Crippen molar-refractivity contribution in [1.29, 1.82) is 5.26 Å². The molecule has 2 aliphatic heterocycles. The van der Waals surface area contributed by atoms with Crippen molar-refractivity contribution in [2.45, 2.75) is 32.2 Å². The smallest absolute Gasteiger partial charge is 0.185 e. The number of aliphatic imine (C=N–C) groups is 1. The van der Waals surface area contributed by atoms with Crippen LogP contribution >= 0.6 is 11.8 Å². The zero-order chi connectivity index (χ0) is 25.0. The molecule has 1 atom stereocenters. The molecule has 2 aromatic rings. The van der Waals surface area contributed by atoms with Crippen LogP contribution in [0.2, 0.25) is 0 Å². The van der Waals surface area contributed by atoms with Crippen LogP contribution in [0.25, 0.3) is 0 Å². The van der Waals surface area contributed by atoms with Crippen molar-refractivity contribution in [3.8, 4) is 6.07 Å². The van der Waals surface area contributed by atoms with E-state index >= 15 is 4.39 Å². The van der Waals surface area contributed by atoms with Crippen LogP contribution in [0.5, 0.6) is 0 Å². The van der Waals surface area contributed by atoms with E-state index in [-0.39, 0.29) is 23.7 Å². The number of Topliss-reactive ketones (excluding diaryl/α,β-unsaturated/α-hetero) is 1. The molecule has 2 N–H and O–H groups in total. The van der Waals surface area contributed by atoms with Crippen LogP contribution in [0.4, 0.5) is 4.39 Å². The predicted octanol–water partition coefficient (Wildman–Crippen LogP) is 3.79. The Labute approximate surface area is 208 Å². The molecular weight excluding hydrogens is 465 g/mol. The lowest BCUT2D eigenvalue weighted by Crippen LogP contribution is -2.37. The number of hydrogen-bond acceptors (Lipinski definition) is 8. The maximum atomic E-state index is 15.1. The molecule has 35 heavy (non-hydrogen) atoms. The summed E-state index contributed by atoms with van der Waals surface area (Å²) in [4.78, 5) is 24.9. The Morgan fingerprint density at radius 3 is 2.77 bits per heavy atom. The highest BCUT2D eigenvalue weighted by Gasteiger charge is 2.35. The zero-order valence-electron chi connectivity index (χ0n) is 19.9. The van der Waals surface area contributed by atoms with Crippen molar-refractivity contribution < 1.29 is 13.9 Å². The third-order valence-corrected chi connectivity index (χ3v) is 7.32. The summed E-state index contributed by atoms with van der Waals surface area (Å²) in [6.07, 6.45) is 1.96. The molecule has 4 rings (SSSR count). The van der Waals surface area contributed by atoms with Gasteiger partial charge in [-0.25, -0.2) is 4.39 Å². The average Bonchev–Trinajstić information content (AvgIpc) is 2.85. The third kappa shape index (κ3) is 5.96. The fourth-order valence-electron chi connectivity index (χ4n) is 4.35. The zero-order valence-corrected chi connectivity index (χ0v) is 20.7. The number of nitrogens with two attached hydrogens (primary N) is 1. The molecule has 0 radical (unpaired) electrons. The molecule has 3 heterocycles. The van der Waals surface area contributed by atoms with Gasteiger partial charge in [0, 0.05) is 44.2 Å². The maximum absolute atomic E-state index is 15.1. The lowest BCUT2D eigenvalue weighted by molar-refractivity contribution is 0.0422. The second-order valence-electron chi connectivity index (χ2n) is 9.05. The highest BCUT2D eigenvalue weighted by atomic mass is 32.2. The molecule has 2 aliphatic rings. The van der Waals surface area contributed by atoms with Crippen molar-refractivity contribution in [3.05, 3.63) is 75.2 Å². The number of rotatable bonds is 6. The first-order valence-electron chi connectivity index (χ1n) is 11.5. The van der Waals surface area contributed by atoms with E-state index < -0.39 is 5.54 Å². The normalized spacial score (nSPS) is 22.3. The number of aromatic nitrogens is 1. The fraction of sp³-hybridized carbons (Fsp3) is 0.385. The first kappa shape index (κ1) is 25.0. The lowest BCUT2D eigenvalue weighted by Gasteiger charge is -2.34. The number of carbonyl (C=O) groups is 1. The van der Waals surface area contributed by atoms with Crippen molar-refractivity contribution in [2.24, 2.45) is 10.7 Å². The Hall–Kier alpha value is -3.06. The Bertz CT molecular complexity index is 1220. The molecule has 1 fully saturated rings. The number of hydrogen-bond donors (Lipinski definition) is 1. The van der Waals surface area contributed by atoms with E-state index in [9.17, 15) is 4.79 Å². The van der Waals surface area contributed by atoms with E-state index in [4.69, 9.17) is 15.7 Å². The van der Waals surface area contributed by atoms with Gasteiger partial charge in [0.15, 0.2) is 11.0 Å². The van der Waals surface area contributed by atoms with Gasteiger partial charge in [0.2, 0.25) is 0 Å². The third-order valence-electron chi connectivity index (χ3n) is 6.28. The largest absolute Gasteiger partial charge is 0.379 e. The van der Waals surface area contributed by atoms with Gasteiger partial charge < -0.3 is 10.5 Å². The first-order chi connectivity index (χ1) is 16.8. The van der Waals surface area contributed by atoms with E-state index in [0.717, 1.165) is 37.8 Å². The van der Waals surface area contributed by atoms with E-state index in [2.05, 4.69) is 21.8 Å². The quantitative estimate of drug-likeness (QED) is 0.611. The van der Waals surface area contributed by atoms with Crippen LogP contribution in [-0.2, 0) is 16.7 Å². The molecule has 7 nitrogen and oxygen atoms in total. The molecule has 0 bridgehead atoms. The number of ketones is 1. The highest BCUT2D eigenvalue weighted by Crippen LogP contribution is 2.43. The molecule has 0 amide bonds. The van der Waals surface area contributed by atoms with Gasteiger partial charge in [-0.05, 0) is 54.2 Å². The summed E-state index contributed by atoms with van der Waals surface area (Å²) in [7, 11) is 0. The molecule has 182 valence electrons. The second kappa shape index (κ2) is 10.7. The Morgan fingerprint density at radius 1 is 1.31 bits per heavy atom. The number of morpholine rings is 1. The van der Waals surface area contributed by atoms with Gasteiger partial charge >= 0.3 is 0 Å². The maximum Gasteiger partial charge on any atom is 0.185 e. The molecule has 1 aromatic carbocycles. The number of benzene rings is 1. The minimum absolute atomic E-state index is 0.0644. The van der Waals surface area contributed by atoms with Gasteiger partial charge in [0.1, 0.15) is 17.6 Å². The minimum atomic E-state index is -0.882. The fourth-order valence-corrected chi connectivity index (χ4v) is 5.44. The van der Waals surface area contributed by atoms with E-state index in [1.54, 1.807) is 18.2 Å². The summed E-state index contributed by atoms with van der Waals surface area (Å²) in [5, 5.41) is 9.32. The standard InChI is InChI=1S/C26H28FN5O2S/c1-17(16-32-7-9-34-10-8-32)24-13-26(2,31-25(29)35-24)20-11-18(3-5-21(20)27)12-23(33)22-6-4-19(14-28)15-30-22/h3-6,11,15H,7-10,12-13,16H2,1-2H3,(H2,29,31)/b24-17-/t26-/m0/s1. The van der Waals surface area contributed by atoms with E-state index in [0.29, 0.717) is 28.3 Å². The molecule has 0 unspecified atom stereocenters. The summed E-state index contributed by atoms with van der Waals surface area (Å²) in [6, 6.07) is 9.77.